The van der Waals surface area contributed by atoms with Crippen molar-refractivity contribution in [1.29, 1.82) is 0 Å². The summed E-state index contributed by atoms with van der Waals surface area (Å²) in [5, 5.41) is 0. The van der Waals surface area contributed by atoms with Crippen molar-refractivity contribution in [3.63, 3.8) is 0 Å². The highest BCUT2D eigenvalue weighted by Gasteiger charge is 2.38. The second-order valence-corrected chi connectivity index (χ2v) is 6.39. The zero-order chi connectivity index (χ0) is 18.5. The molecule has 1 aromatic heterocycles. The molecule has 4 nitrogen and oxygen atoms in total. The molecule has 0 radical (unpaired) electrons. The van der Waals surface area contributed by atoms with Crippen LogP contribution in [0.25, 0.3) is 0 Å². The first-order valence-electron chi connectivity index (χ1n) is 8.87. The third kappa shape index (κ3) is 3.05. The van der Waals surface area contributed by atoms with Gasteiger partial charge in [-0.3, -0.25) is 4.84 Å². The molecule has 0 fully saturated rings. The molecule has 0 saturated carbocycles. The van der Waals surface area contributed by atoms with Gasteiger partial charge in [-0.25, -0.2) is 10.9 Å². The molecule has 0 spiro atoms. The number of nitrogens with zero attached hydrogens (tertiary/aromatic N) is 2. The summed E-state index contributed by atoms with van der Waals surface area (Å²) >= 11 is 0. The fraction of sp³-hybridized carbons (Fsp3) is 0.0870. The number of imidazole rings is 1. The summed E-state index contributed by atoms with van der Waals surface area (Å²) in [5.74, 6) is 5.26. The maximum Gasteiger partial charge on any atom is 0.121 e. The van der Waals surface area contributed by atoms with Crippen LogP contribution in [0.4, 0.5) is 0 Å². The van der Waals surface area contributed by atoms with Gasteiger partial charge >= 0.3 is 0 Å². The predicted molar refractivity (Wildman–Crippen MR) is 106 cm³/mol. The van der Waals surface area contributed by atoms with E-state index in [-0.39, 0.29) is 6.61 Å². The summed E-state index contributed by atoms with van der Waals surface area (Å²) in [6, 6.07) is 31.4. The third-order valence-electron chi connectivity index (χ3n) is 4.83. The van der Waals surface area contributed by atoms with E-state index in [4.69, 9.17) is 10.7 Å². The highest BCUT2D eigenvalue weighted by Crippen LogP contribution is 2.40. The quantitative estimate of drug-likeness (QED) is 0.418. The molecule has 134 valence electrons. The molecule has 4 heteroatoms. The first-order valence-corrected chi connectivity index (χ1v) is 8.87. The Labute approximate surface area is 158 Å². The molecule has 27 heavy (non-hydrogen) atoms. The van der Waals surface area contributed by atoms with Gasteiger partial charge in [0.15, 0.2) is 0 Å². The Hall–Kier alpha value is -3.21. The minimum Gasteiger partial charge on any atom is -0.319 e. The molecule has 2 N–H and O–H groups in total. The van der Waals surface area contributed by atoms with E-state index >= 15 is 0 Å². The molecule has 0 aliphatic carbocycles. The van der Waals surface area contributed by atoms with Crippen LogP contribution in [-0.2, 0) is 17.0 Å². The number of nitrogens with two attached hydrogens (primary N) is 1. The molecule has 0 bridgehead atoms. The van der Waals surface area contributed by atoms with Crippen molar-refractivity contribution in [2.75, 3.05) is 0 Å². The number of benzene rings is 3. The maximum atomic E-state index is 5.26. The summed E-state index contributed by atoms with van der Waals surface area (Å²) in [7, 11) is 0. The van der Waals surface area contributed by atoms with Crippen molar-refractivity contribution in [2.24, 2.45) is 5.90 Å². The molecule has 0 aliphatic heterocycles. The summed E-state index contributed by atoms with van der Waals surface area (Å²) < 4.78 is 2.14. The van der Waals surface area contributed by atoms with Gasteiger partial charge in [0.2, 0.25) is 0 Å². The Balaban J connectivity index is 2.06. The zero-order valence-corrected chi connectivity index (χ0v) is 14.9. The lowest BCUT2D eigenvalue weighted by molar-refractivity contribution is 0.121. The lowest BCUT2D eigenvalue weighted by atomic mass is 9.77. The van der Waals surface area contributed by atoms with E-state index in [1.165, 1.54) is 0 Å². The fourth-order valence-electron chi connectivity index (χ4n) is 3.69. The van der Waals surface area contributed by atoms with Crippen LogP contribution < -0.4 is 5.90 Å². The van der Waals surface area contributed by atoms with E-state index in [1.807, 2.05) is 30.7 Å². The number of aromatic nitrogens is 2. The fourth-order valence-corrected chi connectivity index (χ4v) is 3.69. The van der Waals surface area contributed by atoms with Gasteiger partial charge in [0.25, 0.3) is 0 Å². The summed E-state index contributed by atoms with van der Waals surface area (Å²) in [6.07, 6.45) is 3.85. The van der Waals surface area contributed by atoms with Crippen LogP contribution in [0.3, 0.4) is 0 Å². The lowest BCUT2D eigenvalue weighted by Crippen LogP contribution is -2.36. The van der Waals surface area contributed by atoms with Crippen molar-refractivity contribution < 1.29 is 4.84 Å². The predicted octanol–water partition coefficient (Wildman–Crippen LogP) is 4.11. The topological polar surface area (TPSA) is 53.1 Å². The van der Waals surface area contributed by atoms with E-state index in [0.29, 0.717) is 0 Å². The van der Waals surface area contributed by atoms with Crippen molar-refractivity contribution >= 4 is 0 Å². The summed E-state index contributed by atoms with van der Waals surface area (Å²) in [5.41, 5.74) is 3.69. The third-order valence-corrected chi connectivity index (χ3v) is 4.83. The van der Waals surface area contributed by atoms with E-state index in [9.17, 15) is 0 Å². The second kappa shape index (κ2) is 7.58. The van der Waals surface area contributed by atoms with Gasteiger partial charge in [-0.1, -0.05) is 91.0 Å². The summed E-state index contributed by atoms with van der Waals surface area (Å²) in [6.45, 7) is 0.265. The van der Waals surface area contributed by atoms with Gasteiger partial charge in [-0.05, 0) is 16.7 Å². The van der Waals surface area contributed by atoms with Gasteiger partial charge in [-0.2, -0.15) is 0 Å². The molecule has 0 amide bonds. The van der Waals surface area contributed by atoms with Crippen molar-refractivity contribution in [3.8, 4) is 0 Å². The monoisotopic (exact) mass is 355 g/mol. The first-order chi connectivity index (χ1) is 13.4. The van der Waals surface area contributed by atoms with Gasteiger partial charge < -0.3 is 4.57 Å². The SMILES string of the molecule is NOCc1cn(C(c2ccccc2)(c2ccccc2)c2ccccc2)cn1. The molecule has 1 heterocycles. The van der Waals surface area contributed by atoms with Crippen LogP contribution >= 0.6 is 0 Å². The zero-order valence-electron chi connectivity index (χ0n) is 14.9. The Kier molecular flexibility index (Phi) is 4.83. The average Bonchev–Trinajstić information content (AvgIpc) is 3.20. The number of rotatable bonds is 6. The van der Waals surface area contributed by atoms with Crippen LogP contribution in [0.15, 0.2) is 104 Å². The van der Waals surface area contributed by atoms with Crippen LogP contribution in [0.1, 0.15) is 22.4 Å². The standard InChI is InChI=1S/C23H21N3O/c24-27-17-22-16-26(18-25-22)23(19-10-4-1-5-11-19,20-12-6-2-7-13-20)21-14-8-3-9-15-21/h1-16,18H,17,24H2. The van der Waals surface area contributed by atoms with E-state index in [1.54, 1.807) is 0 Å². The maximum absolute atomic E-state index is 5.26. The van der Waals surface area contributed by atoms with Crippen LogP contribution in [0, 0.1) is 0 Å². The molecule has 0 atom stereocenters. The Morgan fingerprint density at radius 3 is 1.59 bits per heavy atom. The molecule has 4 rings (SSSR count). The molecular weight excluding hydrogens is 334 g/mol. The molecule has 4 aromatic rings. The second-order valence-electron chi connectivity index (χ2n) is 6.39. The molecule has 0 unspecified atom stereocenters. The highest BCUT2D eigenvalue weighted by molar-refractivity contribution is 5.50. The van der Waals surface area contributed by atoms with Crippen LogP contribution in [-0.4, -0.2) is 9.55 Å². The van der Waals surface area contributed by atoms with E-state index in [0.717, 1.165) is 22.4 Å². The minimum atomic E-state index is -0.552. The minimum absolute atomic E-state index is 0.265. The Morgan fingerprint density at radius 2 is 1.19 bits per heavy atom. The number of hydrogen-bond donors (Lipinski definition) is 1. The van der Waals surface area contributed by atoms with Crippen molar-refractivity contribution in [1.82, 2.24) is 9.55 Å². The first kappa shape index (κ1) is 17.2. The lowest BCUT2D eigenvalue weighted by Gasteiger charge is -2.37. The smallest absolute Gasteiger partial charge is 0.121 e. The summed E-state index contributed by atoms with van der Waals surface area (Å²) in [4.78, 5) is 9.30. The molecular formula is C23H21N3O. The normalized spacial score (nSPS) is 11.4. The van der Waals surface area contributed by atoms with Crippen molar-refractivity contribution in [3.05, 3.63) is 126 Å². The molecule has 0 saturated heterocycles. The van der Waals surface area contributed by atoms with Crippen LogP contribution in [0.5, 0.6) is 0 Å². The average molecular weight is 355 g/mol. The largest absolute Gasteiger partial charge is 0.319 e. The van der Waals surface area contributed by atoms with Crippen molar-refractivity contribution in [2.45, 2.75) is 12.1 Å². The van der Waals surface area contributed by atoms with E-state index < -0.39 is 5.54 Å². The number of hydrogen-bond acceptors (Lipinski definition) is 3. The molecule has 3 aromatic carbocycles. The van der Waals surface area contributed by atoms with E-state index in [2.05, 4.69) is 82.3 Å². The van der Waals surface area contributed by atoms with Gasteiger partial charge in [0.1, 0.15) is 12.1 Å². The van der Waals surface area contributed by atoms with Gasteiger partial charge in [-0.15, -0.1) is 0 Å². The molecule has 0 aliphatic rings. The van der Waals surface area contributed by atoms with Gasteiger partial charge in [0, 0.05) is 6.20 Å². The van der Waals surface area contributed by atoms with Gasteiger partial charge in [0.05, 0.1) is 12.0 Å². The van der Waals surface area contributed by atoms with Crippen LogP contribution in [0.2, 0.25) is 0 Å². The Morgan fingerprint density at radius 1 is 0.741 bits per heavy atom. The Bertz CT molecular complexity index is 885. The highest BCUT2D eigenvalue weighted by atomic mass is 16.6.